The zero-order valence-corrected chi connectivity index (χ0v) is 15.5. The highest BCUT2D eigenvalue weighted by atomic mass is 16.1. The van der Waals surface area contributed by atoms with Gasteiger partial charge in [0.25, 0.3) is 5.91 Å². The number of nitrogen functional groups attached to an aromatic ring is 1. The number of aromatic nitrogens is 4. The van der Waals surface area contributed by atoms with Gasteiger partial charge in [0.1, 0.15) is 11.3 Å². The highest BCUT2D eigenvalue weighted by molar-refractivity contribution is 6.04. The molecule has 1 aliphatic rings. The van der Waals surface area contributed by atoms with Gasteiger partial charge in [-0.2, -0.15) is 0 Å². The van der Waals surface area contributed by atoms with Crippen molar-refractivity contribution in [1.82, 2.24) is 19.9 Å². The van der Waals surface area contributed by atoms with E-state index in [0.29, 0.717) is 28.9 Å². The molecule has 0 spiro atoms. The summed E-state index contributed by atoms with van der Waals surface area (Å²) in [5.41, 5.74) is 9.24. The monoisotopic (exact) mass is 385 g/mol. The molecule has 8 nitrogen and oxygen atoms in total. The lowest BCUT2D eigenvalue weighted by atomic mass is 10.1. The number of nitrogens with zero attached hydrogens (tertiary/aromatic N) is 3. The largest absolute Gasteiger partial charge is 0.384 e. The van der Waals surface area contributed by atoms with E-state index in [9.17, 15) is 4.79 Å². The van der Waals surface area contributed by atoms with Crippen molar-refractivity contribution in [2.24, 2.45) is 0 Å². The minimum absolute atomic E-state index is 0.257. The molecule has 8 heteroatoms. The van der Waals surface area contributed by atoms with E-state index in [0.717, 1.165) is 35.3 Å². The number of benzene rings is 1. The topological polar surface area (TPSA) is 122 Å². The van der Waals surface area contributed by atoms with Gasteiger partial charge in [0.2, 0.25) is 0 Å². The summed E-state index contributed by atoms with van der Waals surface area (Å²) >= 11 is 0. The number of pyridine rings is 1. The SMILES string of the molecule is Nc1ccc(C(=O)Nc2cccc(-c3nc(NC4CC4)c4[nH]ccc4n3)c2)cn1. The highest BCUT2D eigenvalue weighted by Gasteiger charge is 2.23. The predicted octanol–water partition coefficient (Wildman–Crippen LogP) is 3.43. The molecular weight excluding hydrogens is 366 g/mol. The minimum atomic E-state index is -0.257. The van der Waals surface area contributed by atoms with Crippen LogP contribution in [-0.4, -0.2) is 31.9 Å². The summed E-state index contributed by atoms with van der Waals surface area (Å²) in [7, 11) is 0. The number of anilines is 3. The Morgan fingerprint density at radius 1 is 1.14 bits per heavy atom. The maximum Gasteiger partial charge on any atom is 0.257 e. The van der Waals surface area contributed by atoms with E-state index in [4.69, 9.17) is 10.7 Å². The number of aromatic amines is 1. The van der Waals surface area contributed by atoms with Crippen LogP contribution in [-0.2, 0) is 0 Å². The van der Waals surface area contributed by atoms with E-state index in [2.05, 4.69) is 25.6 Å². The number of hydrogen-bond acceptors (Lipinski definition) is 6. The van der Waals surface area contributed by atoms with Crippen molar-refractivity contribution in [2.45, 2.75) is 18.9 Å². The van der Waals surface area contributed by atoms with Crippen molar-refractivity contribution in [2.75, 3.05) is 16.4 Å². The Labute approximate surface area is 166 Å². The molecule has 3 heterocycles. The van der Waals surface area contributed by atoms with Gasteiger partial charge in [-0.1, -0.05) is 12.1 Å². The summed E-state index contributed by atoms with van der Waals surface area (Å²) in [6.45, 7) is 0. The Morgan fingerprint density at radius 2 is 2.03 bits per heavy atom. The van der Waals surface area contributed by atoms with Crippen LogP contribution in [0.1, 0.15) is 23.2 Å². The fourth-order valence-electron chi connectivity index (χ4n) is 3.08. The lowest BCUT2D eigenvalue weighted by Gasteiger charge is -2.10. The van der Waals surface area contributed by atoms with Gasteiger partial charge in [-0.05, 0) is 43.2 Å². The molecule has 1 fully saturated rings. The third-order valence-corrected chi connectivity index (χ3v) is 4.75. The molecule has 0 atom stereocenters. The number of nitrogens with one attached hydrogen (secondary N) is 3. The molecule has 5 rings (SSSR count). The van der Waals surface area contributed by atoms with Crippen LogP contribution in [0, 0.1) is 0 Å². The molecule has 1 amide bonds. The van der Waals surface area contributed by atoms with E-state index in [1.54, 1.807) is 12.1 Å². The highest BCUT2D eigenvalue weighted by Crippen LogP contribution is 2.30. The molecule has 1 aliphatic carbocycles. The van der Waals surface area contributed by atoms with Gasteiger partial charge < -0.3 is 21.4 Å². The second-order valence-corrected chi connectivity index (χ2v) is 7.06. The van der Waals surface area contributed by atoms with Crippen molar-refractivity contribution < 1.29 is 4.79 Å². The summed E-state index contributed by atoms with van der Waals surface area (Å²) in [6.07, 6.45) is 5.62. The van der Waals surface area contributed by atoms with Crippen LogP contribution >= 0.6 is 0 Å². The van der Waals surface area contributed by atoms with E-state index in [1.165, 1.54) is 6.20 Å². The molecule has 0 bridgehead atoms. The summed E-state index contributed by atoms with van der Waals surface area (Å²) in [4.78, 5) is 29.0. The van der Waals surface area contributed by atoms with Gasteiger partial charge in [-0.15, -0.1) is 0 Å². The predicted molar refractivity (Wildman–Crippen MR) is 113 cm³/mol. The molecule has 0 unspecified atom stereocenters. The molecule has 1 aromatic carbocycles. The number of carbonyl (C=O) groups excluding carboxylic acids is 1. The molecule has 1 saturated carbocycles. The Bertz CT molecular complexity index is 1200. The Kier molecular flexibility index (Phi) is 4.09. The maximum absolute atomic E-state index is 12.5. The fraction of sp³-hybridized carbons (Fsp3) is 0.143. The second kappa shape index (κ2) is 6.90. The average Bonchev–Trinajstić information content (AvgIpc) is 3.41. The zero-order valence-electron chi connectivity index (χ0n) is 15.5. The van der Waals surface area contributed by atoms with Crippen LogP contribution in [0.4, 0.5) is 17.3 Å². The lowest BCUT2D eigenvalue weighted by Crippen LogP contribution is -2.12. The molecule has 3 aromatic heterocycles. The number of carbonyl (C=O) groups is 1. The second-order valence-electron chi connectivity index (χ2n) is 7.06. The van der Waals surface area contributed by atoms with Gasteiger partial charge in [0.05, 0.1) is 11.1 Å². The standard InChI is InChI=1S/C21H19N7O/c22-17-7-4-13(11-24-17)21(29)26-15-3-1-2-12(10-15)19-27-16-8-9-23-18(16)20(28-19)25-14-5-6-14/h1-4,7-11,14,23H,5-6H2,(H2,22,24)(H,26,29)(H,25,27,28). The molecular formula is C21H19N7O. The van der Waals surface area contributed by atoms with Gasteiger partial charge in [0, 0.05) is 29.7 Å². The van der Waals surface area contributed by atoms with Crippen LogP contribution in [0.25, 0.3) is 22.4 Å². The Balaban J connectivity index is 1.44. The number of nitrogens with two attached hydrogens (primary N) is 1. The van der Waals surface area contributed by atoms with E-state index in [-0.39, 0.29) is 5.91 Å². The average molecular weight is 385 g/mol. The van der Waals surface area contributed by atoms with Crippen LogP contribution in [0.15, 0.2) is 54.9 Å². The first-order valence-electron chi connectivity index (χ1n) is 9.41. The van der Waals surface area contributed by atoms with Gasteiger partial charge in [-0.3, -0.25) is 4.79 Å². The number of rotatable bonds is 5. The number of H-pyrrole nitrogens is 1. The van der Waals surface area contributed by atoms with Crippen molar-refractivity contribution in [3.63, 3.8) is 0 Å². The van der Waals surface area contributed by atoms with Crippen LogP contribution in [0.3, 0.4) is 0 Å². The van der Waals surface area contributed by atoms with Crippen molar-refractivity contribution in [1.29, 1.82) is 0 Å². The van der Waals surface area contributed by atoms with E-state index >= 15 is 0 Å². The molecule has 0 saturated heterocycles. The normalized spacial score (nSPS) is 13.4. The zero-order chi connectivity index (χ0) is 19.8. The smallest absolute Gasteiger partial charge is 0.257 e. The molecule has 0 aliphatic heterocycles. The first-order chi connectivity index (χ1) is 14.2. The minimum Gasteiger partial charge on any atom is -0.384 e. The van der Waals surface area contributed by atoms with Crippen molar-refractivity contribution >= 4 is 34.3 Å². The fourth-order valence-corrected chi connectivity index (χ4v) is 3.08. The molecule has 144 valence electrons. The van der Waals surface area contributed by atoms with E-state index in [1.807, 2.05) is 36.5 Å². The summed E-state index contributed by atoms with van der Waals surface area (Å²) in [5.74, 6) is 1.52. The maximum atomic E-state index is 12.5. The lowest BCUT2D eigenvalue weighted by molar-refractivity contribution is 0.102. The molecule has 4 aromatic rings. The third-order valence-electron chi connectivity index (χ3n) is 4.75. The third kappa shape index (κ3) is 3.60. The first kappa shape index (κ1) is 17.2. The Morgan fingerprint density at radius 3 is 2.83 bits per heavy atom. The summed E-state index contributed by atoms with van der Waals surface area (Å²) in [5, 5.41) is 6.34. The van der Waals surface area contributed by atoms with Crippen molar-refractivity contribution in [3.8, 4) is 11.4 Å². The first-order valence-corrected chi connectivity index (χ1v) is 9.41. The van der Waals surface area contributed by atoms with Crippen LogP contribution in [0.5, 0.6) is 0 Å². The van der Waals surface area contributed by atoms with Gasteiger partial charge >= 0.3 is 0 Å². The van der Waals surface area contributed by atoms with Gasteiger partial charge in [-0.25, -0.2) is 15.0 Å². The molecule has 5 N–H and O–H groups in total. The molecule has 0 radical (unpaired) electrons. The Hall–Kier alpha value is -3.94. The van der Waals surface area contributed by atoms with Gasteiger partial charge in [0.15, 0.2) is 11.6 Å². The number of hydrogen-bond donors (Lipinski definition) is 4. The van der Waals surface area contributed by atoms with Crippen molar-refractivity contribution in [3.05, 3.63) is 60.4 Å². The number of fused-ring (bicyclic) bond motifs is 1. The van der Waals surface area contributed by atoms with Crippen LogP contribution < -0.4 is 16.4 Å². The van der Waals surface area contributed by atoms with Crippen LogP contribution in [0.2, 0.25) is 0 Å². The quantitative estimate of drug-likeness (QED) is 0.418. The number of amides is 1. The summed E-state index contributed by atoms with van der Waals surface area (Å²) in [6, 6.07) is 13.1. The summed E-state index contributed by atoms with van der Waals surface area (Å²) < 4.78 is 0. The molecule has 29 heavy (non-hydrogen) atoms. The van der Waals surface area contributed by atoms with E-state index < -0.39 is 0 Å².